The van der Waals surface area contributed by atoms with E-state index >= 15 is 0 Å². The smallest absolute Gasteiger partial charge is 0.215 e. The molecule has 250 valence electrons. The molecule has 6 aliphatic rings. The molecule has 0 spiro atoms. The van der Waals surface area contributed by atoms with Gasteiger partial charge in [0.2, 0.25) is 10.0 Å². The fourth-order valence-electron chi connectivity index (χ4n) is 8.77. The van der Waals surface area contributed by atoms with E-state index in [1.165, 1.54) is 12.8 Å². The van der Waals surface area contributed by atoms with E-state index in [-0.39, 0.29) is 29.9 Å². The summed E-state index contributed by atoms with van der Waals surface area (Å²) in [5.74, 6) is 1.90. The molecule has 13 heteroatoms. The summed E-state index contributed by atoms with van der Waals surface area (Å²) in [7, 11) is -3.30. The molecule has 6 aliphatic heterocycles. The standard InChI is InChI=1S/C34H43N7O5S/c35-16-25-18-37-40-21-31(46-9-1-8-39-26-3-4-27(39)14-30(42)13-26)15-32(34(25)40)24-2-5-33(36-17-24)38-19-28-12-29(20-38)41(28)47(43,44)22-23-6-10-45-11-7-23/h2,5,15,17-18,21,23,26-30,42H,1,3-4,6-14,19-20,22H2/t26-,27+,28?,29?,30+. The molecule has 5 atom stereocenters. The van der Waals surface area contributed by atoms with Gasteiger partial charge in [0.25, 0.3) is 0 Å². The van der Waals surface area contributed by atoms with Gasteiger partial charge in [0.1, 0.15) is 17.6 Å². The number of nitrogens with zero attached hydrogens (tertiary/aromatic N) is 7. The predicted octanol–water partition coefficient (Wildman–Crippen LogP) is 3.04. The number of aliphatic hydroxyl groups excluding tert-OH is 1. The van der Waals surface area contributed by atoms with Crippen LogP contribution < -0.4 is 9.64 Å². The van der Waals surface area contributed by atoms with E-state index in [0.29, 0.717) is 61.8 Å². The SMILES string of the molecule is N#Cc1cnn2cc(OCCCN3[C@@H]4CC[C@H]3C[C@@H](O)C4)cc(-c3ccc(N4CC5CC(C4)N5S(=O)(=O)CC4CCOCC4)nc3)c12. The van der Waals surface area contributed by atoms with Crippen molar-refractivity contribution in [3.05, 3.63) is 42.4 Å². The van der Waals surface area contributed by atoms with E-state index in [0.717, 1.165) is 62.0 Å². The molecule has 9 rings (SSSR count). The van der Waals surface area contributed by atoms with Gasteiger partial charge in [-0.2, -0.15) is 14.7 Å². The Kier molecular flexibility index (Phi) is 8.34. The quantitative estimate of drug-likeness (QED) is 0.323. The van der Waals surface area contributed by atoms with Crippen LogP contribution in [0, 0.1) is 17.2 Å². The van der Waals surface area contributed by atoms with E-state index < -0.39 is 10.0 Å². The summed E-state index contributed by atoms with van der Waals surface area (Å²) < 4.78 is 41.7. The Bertz CT molecular complexity index is 1730. The van der Waals surface area contributed by atoms with Crippen LogP contribution in [-0.4, -0.2) is 113 Å². The van der Waals surface area contributed by atoms with E-state index in [1.807, 2.05) is 30.6 Å². The van der Waals surface area contributed by atoms with Crippen molar-refractivity contribution in [1.29, 1.82) is 5.26 Å². The van der Waals surface area contributed by atoms with Gasteiger partial charge in [-0.1, -0.05) is 0 Å². The Hall–Kier alpha value is -3.28. The first-order valence-electron chi connectivity index (χ1n) is 17.1. The molecule has 2 unspecified atom stereocenters. The second-order valence-corrected chi connectivity index (χ2v) is 15.9. The van der Waals surface area contributed by atoms with E-state index in [4.69, 9.17) is 14.5 Å². The van der Waals surface area contributed by atoms with Gasteiger partial charge < -0.3 is 19.5 Å². The van der Waals surface area contributed by atoms with Crippen LogP contribution in [0.25, 0.3) is 16.6 Å². The van der Waals surface area contributed by atoms with Gasteiger partial charge in [-0.25, -0.2) is 17.9 Å². The monoisotopic (exact) mass is 661 g/mol. The van der Waals surface area contributed by atoms with Crippen LogP contribution in [0.1, 0.15) is 56.9 Å². The van der Waals surface area contributed by atoms with Crippen LogP contribution in [0.3, 0.4) is 0 Å². The Morgan fingerprint density at radius 1 is 1.02 bits per heavy atom. The molecule has 0 aliphatic carbocycles. The molecule has 3 aromatic heterocycles. The average molecular weight is 662 g/mol. The second-order valence-electron chi connectivity index (χ2n) is 14.0. The van der Waals surface area contributed by atoms with Crippen LogP contribution in [0.5, 0.6) is 5.75 Å². The lowest BCUT2D eigenvalue weighted by Crippen LogP contribution is -2.70. The van der Waals surface area contributed by atoms with Gasteiger partial charge in [0.05, 0.1) is 41.9 Å². The summed E-state index contributed by atoms with van der Waals surface area (Å²) in [5.41, 5.74) is 2.87. The van der Waals surface area contributed by atoms with Crippen LogP contribution in [0.15, 0.2) is 36.8 Å². The van der Waals surface area contributed by atoms with Crippen LogP contribution in [-0.2, 0) is 14.8 Å². The summed E-state index contributed by atoms with van der Waals surface area (Å²) >= 11 is 0. The van der Waals surface area contributed by atoms with Gasteiger partial charge in [-0.15, -0.1) is 0 Å². The molecule has 0 radical (unpaired) electrons. The maximum absolute atomic E-state index is 13.3. The number of piperidine rings is 2. The molecule has 3 aromatic rings. The molecule has 6 saturated heterocycles. The number of anilines is 1. The molecule has 12 nitrogen and oxygen atoms in total. The average Bonchev–Trinajstić information content (AvgIpc) is 3.59. The number of rotatable bonds is 10. The van der Waals surface area contributed by atoms with Crippen molar-refractivity contribution in [1.82, 2.24) is 23.8 Å². The van der Waals surface area contributed by atoms with Crippen LogP contribution in [0.4, 0.5) is 5.82 Å². The molecular formula is C34H43N7O5S. The van der Waals surface area contributed by atoms with E-state index in [9.17, 15) is 18.8 Å². The number of fused-ring (bicyclic) bond motifs is 5. The summed E-state index contributed by atoms with van der Waals surface area (Å²) in [6.45, 7) is 4.08. The predicted molar refractivity (Wildman–Crippen MR) is 176 cm³/mol. The molecule has 6 fully saturated rings. The number of sulfonamides is 1. The minimum absolute atomic E-state index is 0.0184. The lowest BCUT2D eigenvalue weighted by molar-refractivity contribution is 0.0331. The highest BCUT2D eigenvalue weighted by molar-refractivity contribution is 7.89. The summed E-state index contributed by atoms with van der Waals surface area (Å²) in [6, 6.07) is 9.16. The zero-order valence-corrected chi connectivity index (χ0v) is 27.5. The Morgan fingerprint density at radius 3 is 2.49 bits per heavy atom. The molecule has 0 amide bonds. The number of nitriles is 1. The summed E-state index contributed by atoms with van der Waals surface area (Å²) in [6.07, 6.45) is 12.6. The maximum atomic E-state index is 13.3. The van der Waals surface area contributed by atoms with E-state index in [1.54, 1.807) is 15.0 Å². The molecule has 1 N–H and O–H groups in total. The van der Waals surface area contributed by atoms with Crippen molar-refractivity contribution in [2.24, 2.45) is 5.92 Å². The zero-order chi connectivity index (χ0) is 32.1. The van der Waals surface area contributed by atoms with Crippen molar-refractivity contribution >= 4 is 21.4 Å². The minimum Gasteiger partial charge on any atom is -0.492 e. The molecule has 47 heavy (non-hydrogen) atoms. The minimum atomic E-state index is -3.30. The molecule has 0 aromatic carbocycles. The van der Waals surface area contributed by atoms with Crippen LogP contribution in [0.2, 0.25) is 0 Å². The maximum Gasteiger partial charge on any atom is 0.215 e. The topological polar surface area (TPSA) is 137 Å². The highest BCUT2D eigenvalue weighted by Crippen LogP contribution is 2.39. The highest BCUT2D eigenvalue weighted by atomic mass is 32.2. The zero-order valence-electron chi connectivity index (χ0n) is 26.7. The number of aliphatic hydroxyl groups is 1. The second kappa shape index (κ2) is 12.6. The van der Waals surface area contributed by atoms with Gasteiger partial charge in [0.15, 0.2) is 0 Å². The first-order chi connectivity index (χ1) is 22.9. The molecular weight excluding hydrogens is 618 g/mol. The number of aromatic nitrogens is 3. The Labute approximate surface area is 275 Å². The lowest BCUT2D eigenvalue weighted by Gasteiger charge is -2.55. The molecule has 0 saturated carbocycles. The summed E-state index contributed by atoms with van der Waals surface area (Å²) in [4.78, 5) is 9.55. The largest absolute Gasteiger partial charge is 0.492 e. The first-order valence-corrected chi connectivity index (χ1v) is 18.8. The fourth-order valence-corrected chi connectivity index (χ4v) is 11.1. The van der Waals surface area contributed by atoms with Gasteiger partial charge in [-0.05, 0) is 75.5 Å². The number of hydrogen-bond acceptors (Lipinski definition) is 10. The van der Waals surface area contributed by atoms with Crippen molar-refractivity contribution < 1.29 is 23.0 Å². The van der Waals surface area contributed by atoms with Crippen molar-refractivity contribution in [2.45, 2.75) is 81.6 Å². The highest BCUT2D eigenvalue weighted by Gasteiger charge is 2.51. The van der Waals surface area contributed by atoms with Gasteiger partial charge in [-0.3, -0.25) is 4.90 Å². The number of ether oxygens (including phenoxy) is 2. The lowest BCUT2D eigenvalue weighted by atomic mass is 9.91. The third kappa shape index (κ3) is 5.99. The third-order valence-corrected chi connectivity index (χ3v) is 13.1. The first kappa shape index (κ1) is 31.0. The number of hydrogen-bond donors (Lipinski definition) is 1. The summed E-state index contributed by atoms with van der Waals surface area (Å²) in [5, 5.41) is 24.4. The van der Waals surface area contributed by atoms with Crippen molar-refractivity contribution in [2.75, 3.05) is 50.1 Å². The van der Waals surface area contributed by atoms with E-state index in [2.05, 4.69) is 21.0 Å². The Balaban J connectivity index is 0.936. The Morgan fingerprint density at radius 2 is 1.79 bits per heavy atom. The van der Waals surface area contributed by atoms with Gasteiger partial charge >= 0.3 is 0 Å². The molecule has 9 heterocycles. The third-order valence-electron chi connectivity index (χ3n) is 11.0. The number of piperazine rings is 1. The van der Waals surface area contributed by atoms with Crippen LogP contribution >= 0.6 is 0 Å². The van der Waals surface area contributed by atoms with Crippen molar-refractivity contribution in [3.63, 3.8) is 0 Å². The number of pyridine rings is 2. The van der Waals surface area contributed by atoms with Gasteiger partial charge in [0, 0.05) is 74.3 Å². The molecule has 4 bridgehead atoms. The fraction of sp³-hybridized carbons (Fsp3) is 0.618. The van der Waals surface area contributed by atoms with Crippen molar-refractivity contribution in [3.8, 4) is 22.9 Å². The normalized spacial score (nSPS) is 28.3.